The van der Waals surface area contributed by atoms with E-state index < -0.39 is 0 Å². The SMILES string of the molecule is CCn1ccnc1[C@H]1CCCN(C(=O)c2ccc[nH]c2=O)C1. The average Bonchev–Trinajstić information content (AvgIpc) is 3.03. The van der Waals surface area contributed by atoms with Crippen molar-refractivity contribution < 1.29 is 4.79 Å². The first-order valence-corrected chi connectivity index (χ1v) is 7.68. The molecular formula is C16H20N4O2. The van der Waals surface area contributed by atoms with Crippen molar-refractivity contribution in [3.05, 3.63) is 52.5 Å². The average molecular weight is 300 g/mol. The van der Waals surface area contributed by atoms with Gasteiger partial charge in [-0.2, -0.15) is 0 Å². The van der Waals surface area contributed by atoms with Crippen molar-refractivity contribution in [3.63, 3.8) is 0 Å². The molecule has 3 rings (SSSR count). The van der Waals surface area contributed by atoms with Gasteiger partial charge in [0.25, 0.3) is 11.5 Å². The van der Waals surface area contributed by atoms with Crippen LogP contribution in [0.3, 0.4) is 0 Å². The maximum absolute atomic E-state index is 12.6. The number of piperidine rings is 1. The van der Waals surface area contributed by atoms with Crippen LogP contribution in [0, 0.1) is 0 Å². The molecule has 1 saturated heterocycles. The van der Waals surface area contributed by atoms with E-state index in [2.05, 4.69) is 21.5 Å². The first-order valence-electron chi connectivity index (χ1n) is 7.68. The summed E-state index contributed by atoms with van der Waals surface area (Å²) in [4.78, 5) is 33.1. The minimum Gasteiger partial charge on any atom is -0.338 e. The fourth-order valence-electron chi connectivity index (χ4n) is 3.08. The molecule has 1 aliphatic heterocycles. The molecule has 0 spiro atoms. The number of aromatic amines is 1. The van der Waals surface area contributed by atoms with Gasteiger partial charge in [-0.1, -0.05) is 0 Å². The van der Waals surface area contributed by atoms with Gasteiger partial charge in [0.05, 0.1) is 0 Å². The van der Waals surface area contributed by atoms with Gasteiger partial charge in [0.1, 0.15) is 11.4 Å². The summed E-state index contributed by atoms with van der Waals surface area (Å²) in [6.07, 6.45) is 7.26. The van der Waals surface area contributed by atoms with Gasteiger partial charge >= 0.3 is 0 Å². The number of nitrogens with one attached hydrogen (secondary N) is 1. The van der Waals surface area contributed by atoms with Gasteiger partial charge in [0, 0.05) is 44.1 Å². The Balaban J connectivity index is 1.80. The Morgan fingerprint density at radius 3 is 3.14 bits per heavy atom. The molecule has 1 aliphatic rings. The third-order valence-corrected chi connectivity index (χ3v) is 4.21. The molecule has 0 aliphatic carbocycles. The van der Waals surface area contributed by atoms with Crippen LogP contribution in [0.5, 0.6) is 0 Å². The number of carbonyl (C=O) groups excluding carboxylic acids is 1. The zero-order chi connectivity index (χ0) is 15.5. The summed E-state index contributed by atoms with van der Waals surface area (Å²) >= 11 is 0. The first-order chi connectivity index (χ1) is 10.7. The molecular weight excluding hydrogens is 280 g/mol. The normalized spacial score (nSPS) is 18.4. The quantitative estimate of drug-likeness (QED) is 0.936. The molecule has 2 aromatic heterocycles. The van der Waals surface area contributed by atoms with Gasteiger partial charge in [0.2, 0.25) is 0 Å². The standard InChI is InChI=1S/C16H20N4O2/c1-2-19-10-8-17-14(19)12-5-4-9-20(11-12)16(22)13-6-3-7-18-15(13)21/h3,6-8,10,12H,2,4-5,9,11H2,1H3,(H,18,21)/t12-/m0/s1. The summed E-state index contributed by atoms with van der Waals surface area (Å²) in [5.41, 5.74) is -0.119. The lowest BCUT2D eigenvalue weighted by atomic mass is 9.96. The summed E-state index contributed by atoms with van der Waals surface area (Å²) in [6.45, 7) is 4.26. The van der Waals surface area contributed by atoms with E-state index in [1.165, 1.54) is 6.20 Å². The number of hydrogen-bond donors (Lipinski definition) is 1. The van der Waals surface area contributed by atoms with Crippen LogP contribution in [-0.2, 0) is 6.54 Å². The predicted octanol–water partition coefficient (Wildman–Crippen LogP) is 1.61. The summed E-state index contributed by atoms with van der Waals surface area (Å²) < 4.78 is 2.12. The molecule has 0 bridgehead atoms. The molecule has 6 heteroatoms. The van der Waals surface area contributed by atoms with Crippen LogP contribution in [0.25, 0.3) is 0 Å². The minimum atomic E-state index is -0.329. The zero-order valence-corrected chi connectivity index (χ0v) is 12.7. The molecule has 1 N–H and O–H groups in total. The number of nitrogens with zero attached hydrogens (tertiary/aromatic N) is 3. The van der Waals surface area contributed by atoms with Gasteiger partial charge in [0.15, 0.2) is 0 Å². The van der Waals surface area contributed by atoms with E-state index in [1.54, 1.807) is 17.0 Å². The van der Waals surface area contributed by atoms with Crippen LogP contribution in [0.4, 0.5) is 0 Å². The van der Waals surface area contributed by atoms with E-state index in [-0.39, 0.29) is 22.9 Å². The van der Waals surface area contributed by atoms with E-state index in [0.717, 1.165) is 25.2 Å². The van der Waals surface area contributed by atoms with Crippen molar-refractivity contribution in [2.45, 2.75) is 32.2 Å². The number of aromatic nitrogens is 3. The summed E-state index contributed by atoms with van der Waals surface area (Å²) in [6, 6.07) is 3.26. The van der Waals surface area contributed by atoms with Crippen molar-refractivity contribution in [1.82, 2.24) is 19.4 Å². The second kappa shape index (κ2) is 6.17. The first kappa shape index (κ1) is 14.6. The fourth-order valence-corrected chi connectivity index (χ4v) is 3.08. The molecule has 22 heavy (non-hydrogen) atoms. The number of amides is 1. The van der Waals surface area contributed by atoms with Crippen LogP contribution in [0.2, 0.25) is 0 Å². The van der Waals surface area contributed by atoms with Crippen molar-refractivity contribution in [3.8, 4) is 0 Å². The summed E-state index contributed by atoms with van der Waals surface area (Å²) in [7, 11) is 0. The number of imidazole rings is 1. The summed E-state index contributed by atoms with van der Waals surface area (Å²) in [5.74, 6) is 1.07. The number of hydrogen-bond acceptors (Lipinski definition) is 3. The third-order valence-electron chi connectivity index (χ3n) is 4.21. The van der Waals surface area contributed by atoms with E-state index in [1.807, 2.05) is 12.4 Å². The van der Waals surface area contributed by atoms with Crippen LogP contribution in [0.1, 0.15) is 41.9 Å². The highest BCUT2D eigenvalue weighted by atomic mass is 16.2. The molecule has 1 fully saturated rings. The van der Waals surface area contributed by atoms with E-state index in [4.69, 9.17) is 0 Å². The molecule has 2 aromatic rings. The van der Waals surface area contributed by atoms with Gasteiger partial charge in [-0.3, -0.25) is 9.59 Å². The topological polar surface area (TPSA) is 71.0 Å². The van der Waals surface area contributed by atoms with Gasteiger partial charge in [-0.25, -0.2) is 4.98 Å². The lowest BCUT2D eigenvalue weighted by molar-refractivity contribution is 0.0701. The zero-order valence-electron chi connectivity index (χ0n) is 12.7. The second-order valence-electron chi connectivity index (χ2n) is 5.57. The lowest BCUT2D eigenvalue weighted by Crippen LogP contribution is -2.41. The van der Waals surface area contributed by atoms with Crippen molar-refractivity contribution in [1.29, 1.82) is 0 Å². The molecule has 1 amide bonds. The number of H-pyrrole nitrogens is 1. The number of likely N-dealkylation sites (tertiary alicyclic amines) is 1. The molecule has 1 atom stereocenters. The lowest BCUT2D eigenvalue weighted by Gasteiger charge is -2.32. The Bertz CT molecular complexity index is 719. The molecule has 116 valence electrons. The second-order valence-corrected chi connectivity index (χ2v) is 5.57. The Morgan fingerprint density at radius 2 is 2.36 bits per heavy atom. The number of rotatable bonds is 3. The molecule has 0 saturated carbocycles. The molecule has 0 unspecified atom stereocenters. The van der Waals surface area contributed by atoms with E-state index >= 15 is 0 Å². The highest BCUT2D eigenvalue weighted by molar-refractivity contribution is 5.93. The maximum Gasteiger partial charge on any atom is 0.260 e. The van der Waals surface area contributed by atoms with Crippen molar-refractivity contribution in [2.75, 3.05) is 13.1 Å². The van der Waals surface area contributed by atoms with Gasteiger partial charge < -0.3 is 14.5 Å². The Kier molecular flexibility index (Phi) is 4.09. The number of carbonyl (C=O) groups is 1. The molecule has 3 heterocycles. The van der Waals surface area contributed by atoms with Crippen LogP contribution in [0.15, 0.2) is 35.5 Å². The van der Waals surface area contributed by atoms with E-state index in [0.29, 0.717) is 13.1 Å². The maximum atomic E-state index is 12.6. The number of aryl methyl sites for hydroxylation is 1. The van der Waals surface area contributed by atoms with Crippen LogP contribution >= 0.6 is 0 Å². The monoisotopic (exact) mass is 300 g/mol. The largest absolute Gasteiger partial charge is 0.338 e. The highest BCUT2D eigenvalue weighted by Gasteiger charge is 2.28. The Hall–Kier alpha value is -2.37. The van der Waals surface area contributed by atoms with Gasteiger partial charge in [-0.05, 0) is 31.9 Å². The smallest absolute Gasteiger partial charge is 0.260 e. The van der Waals surface area contributed by atoms with Crippen molar-refractivity contribution in [2.24, 2.45) is 0 Å². The highest BCUT2D eigenvalue weighted by Crippen LogP contribution is 2.26. The summed E-state index contributed by atoms with van der Waals surface area (Å²) in [5, 5.41) is 0. The Labute approximate surface area is 128 Å². The predicted molar refractivity (Wildman–Crippen MR) is 82.8 cm³/mol. The number of pyridine rings is 1. The molecule has 6 nitrogen and oxygen atoms in total. The minimum absolute atomic E-state index is 0.193. The van der Waals surface area contributed by atoms with Gasteiger partial charge in [-0.15, -0.1) is 0 Å². The van der Waals surface area contributed by atoms with E-state index in [9.17, 15) is 9.59 Å². The molecule has 0 radical (unpaired) electrons. The van der Waals surface area contributed by atoms with Crippen molar-refractivity contribution >= 4 is 5.91 Å². The van der Waals surface area contributed by atoms with Crippen LogP contribution in [-0.4, -0.2) is 38.4 Å². The molecule has 0 aromatic carbocycles. The third kappa shape index (κ3) is 2.68. The fraction of sp³-hybridized carbons (Fsp3) is 0.438. The Morgan fingerprint density at radius 1 is 1.50 bits per heavy atom. The van der Waals surface area contributed by atoms with Crippen LogP contribution < -0.4 is 5.56 Å².